The highest BCUT2D eigenvalue weighted by molar-refractivity contribution is 7.90. The third-order valence-corrected chi connectivity index (χ3v) is 5.33. The molecule has 5 nitrogen and oxygen atoms in total. The molecule has 0 aromatic heterocycles. The normalized spacial score (nSPS) is 13.7. The number of anilines is 1. The minimum Gasteiger partial charge on any atom is -0.378 e. The lowest BCUT2D eigenvalue weighted by atomic mass is 10.1. The summed E-state index contributed by atoms with van der Waals surface area (Å²) in [5.74, 6) is 0. The predicted molar refractivity (Wildman–Crippen MR) is 89.3 cm³/mol. The summed E-state index contributed by atoms with van der Waals surface area (Å²) in [5, 5.41) is -0.420. The fourth-order valence-corrected chi connectivity index (χ4v) is 2.68. The second-order valence-electron chi connectivity index (χ2n) is 5.91. The molecule has 0 amide bonds. The third-order valence-electron chi connectivity index (χ3n) is 3.52. The maximum Gasteiger partial charge on any atom is 0.213 e. The third kappa shape index (κ3) is 4.98. The van der Waals surface area contributed by atoms with Gasteiger partial charge >= 0.3 is 0 Å². The first-order chi connectivity index (χ1) is 9.65. The van der Waals surface area contributed by atoms with Crippen LogP contribution in [0.3, 0.4) is 0 Å². The summed E-state index contributed by atoms with van der Waals surface area (Å²) in [4.78, 5) is 4.06. The van der Waals surface area contributed by atoms with Gasteiger partial charge in [-0.3, -0.25) is 0 Å². The first-order valence-corrected chi connectivity index (χ1v) is 8.62. The van der Waals surface area contributed by atoms with Crippen molar-refractivity contribution in [2.24, 2.45) is 0 Å². The summed E-state index contributed by atoms with van der Waals surface area (Å²) in [6.07, 6.45) is 0. The number of nitrogens with one attached hydrogen (secondary N) is 1. The van der Waals surface area contributed by atoms with E-state index in [0.717, 1.165) is 11.3 Å². The van der Waals surface area contributed by atoms with Crippen LogP contribution in [0.25, 0.3) is 0 Å². The number of sulfonamides is 1. The molecule has 0 aliphatic rings. The van der Waals surface area contributed by atoms with Crippen LogP contribution in [0.4, 0.5) is 5.69 Å². The Morgan fingerprint density at radius 1 is 1.05 bits per heavy atom. The molecule has 0 saturated heterocycles. The summed E-state index contributed by atoms with van der Waals surface area (Å²) in [7, 11) is 4.65. The molecule has 1 aromatic carbocycles. The molecule has 0 unspecified atom stereocenters. The van der Waals surface area contributed by atoms with Crippen molar-refractivity contribution in [1.82, 2.24) is 9.62 Å². The van der Waals surface area contributed by atoms with Gasteiger partial charge in [0.2, 0.25) is 10.0 Å². The van der Waals surface area contributed by atoms with Crippen LogP contribution in [0.2, 0.25) is 0 Å². The van der Waals surface area contributed by atoms with Gasteiger partial charge in [-0.2, -0.15) is 0 Å². The van der Waals surface area contributed by atoms with E-state index in [1.165, 1.54) is 0 Å². The molecule has 0 saturated carbocycles. The van der Waals surface area contributed by atoms with Crippen LogP contribution in [0.1, 0.15) is 25.5 Å². The minimum absolute atomic E-state index is 0.00902. The Balaban J connectivity index is 2.87. The highest BCUT2D eigenvalue weighted by Gasteiger charge is 2.20. The molecule has 1 rings (SSSR count). The van der Waals surface area contributed by atoms with Gasteiger partial charge in [-0.05, 0) is 45.6 Å². The first kappa shape index (κ1) is 17.9. The molecule has 6 heteroatoms. The topological polar surface area (TPSA) is 52.7 Å². The average Bonchev–Trinajstić information content (AvgIpc) is 2.38. The van der Waals surface area contributed by atoms with Gasteiger partial charge in [0.25, 0.3) is 0 Å². The van der Waals surface area contributed by atoms with E-state index in [1.807, 2.05) is 62.3 Å². The van der Waals surface area contributed by atoms with E-state index >= 15 is 0 Å². The highest BCUT2D eigenvalue weighted by Crippen LogP contribution is 2.21. The number of hydrogen-bond donors (Lipinski definition) is 1. The summed E-state index contributed by atoms with van der Waals surface area (Å²) in [6.45, 7) is 3.73. The van der Waals surface area contributed by atoms with E-state index in [-0.39, 0.29) is 6.04 Å². The lowest BCUT2D eigenvalue weighted by molar-refractivity contribution is 0.299. The van der Waals surface area contributed by atoms with Crippen LogP contribution in [0.5, 0.6) is 0 Å². The van der Waals surface area contributed by atoms with Crippen LogP contribution < -0.4 is 9.62 Å². The van der Waals surface area contributed by atoms with E-state index in [2.05, 4.69) is 4.72 Å². The van der Waals surface area contributed by atoms with Crippen molar-refractivity contribution in [1.29, 1.82) is 0 Å². The lowest BCUT2D eigenvalue weighted by Gasteiger charge is -2.26. The minimum atomic E-state index is -3.24. The second kappa shape index (κ2) is 7.24. The first-order valence-electron chi connectivity index (χ1n) is 7.07. The Kier molecular flexibility index (Phi) is 6.19. The standard InChI is InChI=1S/C15H27N3O2S/c1-12(2)21(19,20)16-11-15(18(5)6)13-7-9-14(10-8-13)17(3)4/h7-10,12,15-16H,11H2,1-6H3/t15-/m0/s1. The van der Waals surface area contributed by atoms with Crippen LogP contribution >= 0.6 is 0 Å². The van der Waals surface area contributed by atoms with Crippen molar-refractivity contribution in [3.05, 3.63) is 29.8 Å². The fourth-order valence-electron chi connectivity index (χ4n) is 1.95. The van der Waals surface area contributed by atoms with E-state index in [4.69, 9.17) is 0 Å². The zero-order chi connectivity index (χ0) is 16.2. The zero-order valence-corrected chi connectivity index (χ0v) is 14.6. The number of likely N-dealkylation sites (N-methyl/N-ethyl adjacent to an activating group) is 1. The highest BCUT2D eigenvalue weighted by atomic mass is 32.2. The maximum absolute atomic E-state index is 11.9. The number of benzene rings is 1. The largest absolute Gasteiger partial charge is 0.378 e. The van der Waals surface area contributed by atoms with Crippen LogP contribution in [0, 0.1) is 0 Å². The Hall–Kier alpha value is -1.11. The van der Waals surface area contributed by atoms with Crippen molar-refractivity contribution in [2.45, 2.75) is 25.1 Å². The zero-order valence-electron chi connectivity index (χ0n) is 13.8. The molecule has 120 valence electrons. The van der Waals surface area contributed by atoms with Crippen LogP contribution in [-0.2, 0) is 10.0 Å². The predicted octanol–water partition coefficient (Wildman–Crippen LogP) is 1.68. The summed E-state index contributed by atoms with van der Waals surface area (Å²) < 4.78 is 26.5. The van der Waals surface area contributed by atoms with Gasteiger partial charge in [-0.25, -0.2) is 13.1 Å². The number of rotatable bonds is 7. The van der Waals surface area contributed by atoms with Gasteiger partial charge in [-0.1, -0.05) is 12.1 Å². The Bertz CT molecular complexity index is 537. The van der Waals surface area contributed by atoms with Crippen LogP contribution in [-0.4, -0.2) is 53.3 Å². The van der Waals surface area contributed by atoms with Crippen molar-refractivity contribution < 1.29 is 8.42 Å². The molecule has 0 radical (unpaired) electrons. The maximum atomic E-state index is 11.9. The molecular weight excluding hydrogens is 286 g/mol. The molecule has 0 spiro atoms. The summed E-state index contributed by atoms with van der Waals surface area (Å²) in [5.41, 5.74) is 2.22. The molecule has 0 aliphatic carbocycles. The monoisotopic (exact) mass is 313 g/mol. The van der Waals surface area contributed by atoms with Crippen LogP contribution in [0.15, 0.2) is 24.3 Å². The van der Waals surface area contributed by atoms with Crippen molar-refractivity contribution in [2.75, 3.05) is 39.6 Å². The number of hydrogen-bond acceptors (Lipinski definition) is 4. The van der Waals surface area contributed by atoms with Gasteiger partial charge < -0.3 is 9.80 Å². The second-order valence-corrected chi connectivity index (χ2v) is 8.23. The smallest absolute Gasteiger partial charge is 0.213 e. The number of nitrogens with zero attached hydrogens (tertiary/aromatic N) is 2. The van der Waals surface area contributed by atoms with Gasteiger partial charge in [0.05, 0.1) is 5.25 Å². The van der Waals surface area contributed by atoms with Crippen molar-refractivity contribution >= 4 is 15.7 Å². The van der Waals surface area contributed by atoms with Crippen molar-refractivity contribution in [3.63, 3.8) is 0 Å². The Labute approximate surface area is 129 Å². The molecule has 1 atom stereocenters. The SMILES string of the molecule is CC(C)S(=O)(=O)NC[C@@H](c1ccc(N(C)C)cc1)N(C)C. The Morgan fingerprint density at radius 3 is 1.95 bits per heavy atom. The molecular formula is C15H27N3O2S. The lowest BCUT2D eigenvalue weighted by Crippen LogP contribution is -2.37. The van der Waals surface area contributed by atoms with E-state index in [9.17, 15) is 8.42 Å². The molecule has 1 aromatic rings. The van der Waals surface area contributed by atoms with Gasteiger partial charge in [0.1, 0.15) is 0 Å². The summed E-state index contributed by atoms with van der Waals surface area (Å²) in [6, 6.07) is 8.19. The molecule has 1 N–H and O–H groups in total. The fraction of sp³-hybridized carbons (Fsp3) is 0.600. The van der Waals surface area contributed by atoms with E-state index in [0.29, 0.717) is 6.54 Å². The van der Waals surface area contributed by atoms with Gasteiger partial charge in [0.15, 0.2) is 0 Å². The van der Waals surface area contributed by atoms with Gasteiger partial charge in [0, 0.05) is 32.4 Å². The van der Waals surface area contributed by atoms with Gasteiger partial charge in [-0.15, -0.1) is 0 Å². The molecule has 0 bridgehead atoms. The Morgan fingerprint density at radius 2 is 1.57 bits per heavy atom. The van der Waals surface area contributed by atoms with Crippen molar-refractivity contribution in [3.8, 4) is 0 Å². The average molecular weight is 313 g/mol. The molecule has 0 fully saturated rings. The molecule has 0 heterocycles. The summed E-state index contributed by atoms with van der Waals surface area (Å²) >= 11 is 0. The quantitative estimate of drug-likeness (QED) is 0.832. The molecule has 0 aliphatic heterocycles. The molecule has 21 heavy (non-hydrogen) atoms. The van der Waals surface area contributed by atoms with E-state index in [1.54, 1.807) is 13.8 Å². The van der Waals surface area contributed by atoms with E-state index < -0.39 is 15.3 Å².